The van der Waals surface area contributed by atoms with Crippen LogP contribution >= 0.6 is 22.9 Å². The zero-order valence-electron chi connectivity index (χ0n) is 11.4. The summed E-state index contributed by atoms with van der Waals surface area (Å²) in [7, 11) is 4.10. The molecule has 0 radical (unpaired) electrons. The number of carbonyl (C=O) groups excluding carboxylic acids is 1. The predicted molar refractivity (Wildman–Crippen MR) is 78.7 cm³/mol. The Labute approximate surface area is 123 Å². The number of alkyl halides is 1. The summed E-state index contributed by atoms with van der Waals surface area (Å²) in [4.78, 5) is 20.9. The first-order chi connectivity index (χ1) is 9.10. The van der Waals surface area contributed by atoms with Crippen LogP contribution in [0.25, 0.3) is 0 Å². The van der Waals surface area contributed by atoms with E-state index < -0.39 is 0 Å². The van der Waals surface area contributed by atoms with Crippen molar-refractivity contribution >= 4 is 28.8 Å². The Balaban J connectivity index is 1.94. The average Bonchev–Trinajstić information content (AvgIpc) is 2.97. The van der Waals surface area contributed by atoms with Crippen LogP contribution in [0.4, 0.5) is 0 Å². The number of hydrogen-bond acceptors (Lipinski definition) is 4. The van der Waals surface area contributed by atoms with Crippen molar-refractivity contribution in [3.8, 4) is 0 Å². The van der Waals surface area contributed by atoms with E-state index in [2.05, 4.69) is 24.0 Å². The van der Waals surface area contributed by atoms with Crippen molar-refractivity contribution in [2.45, 2.75) is 31.2 Å². The van der Waals surface area contributed by atoms with Crippen molar-refractivity contribution in [1.29, 1.82) is 0 Å². The van der Waals surface area contributed by atoms with Crippen LogP contribution in [0.1, 0.15) is 23.5 Å². The molecule has 2 heterocycles. The monoisotopic (exact) mass is 301 g/mol. The van der Waals surface area contributed by atoms with E-state index in [1.165, 1.54) is 11.3 Å². The molecule has 4 nitrogen and oxygen atoms in total. The minimum atomic E-state index is 0.194. The predicted octanol–water partition coefficient (Wildman–Crippen LogP) is 1.98. The first kappa shape index (κ1) is 14.8. The molecule has 6 heteroatoms. The molecule has 0 N–H and O–H groups in total. The standard InChI is InChI=1S/C13H20ClN3OS/c1-16(2)8-11-4-3-5-17(11)13(18)6-12-15-10(7-14)9-19-12/h9,11H,3-8H2,1-2H3. The fraction of sp³-hybridized carbons (Fsp3) is 0.692. The van der Waals surface area contributed by atoms with Gasteiger partial charge < -0.3 is 9.80 Å². The smallest absolute Gasteiger partial charge is 0.229 e. The van der Waals surface area contributed by atoms with Gasteiger partial charge in [-0.1, -0.05) is 0 Å². The minimum Gasteiger partial charge on any atom is -0.338 e. The highest BCUT2D eigenvalue weighted by Crippen LogP contribution is 2.20. The van der Waals surface area contributed by atoms with E-state index >= 15 is 0 Å². The van der Waals surface area contributed by atoms with Crippen molar-refractivity contribution in [3.63, 3.8) is 0 Å². The maximum absolute atomic E-state index is 12.3. The number of nitrogens with zero attached hydrogens (tertiary/aromatic N) is 3. The number of likely N-dealkylation sites (N-methyl/N-ethyl adjacent to an activating group) is 1. The minimum absolute atomic E-state index is 0.194. The van der Waals surface area contributed by atoms with Crippen LogP contribution in [0, 0.1) is 0 Å². The Hall–Kier alpha value is -0.650. The molecule has 19 heavy (non-hydrogen) atoms. The van der Waals surface area contributed by atoms with Gasteiger partial charge in [0.15, 0.2) is 0 Å². The number of likely N-dealkylation sites (tertiary alicyclic amines) is 1. The molecule has 1 aromatic rings. The van der Waals surface area contributed by atoms with Crippen molar-refractivity contribution in [2.75, 3.05) is 27.2 Å². The SMILES string of the molecule is CN(C)CC1CCCN1C(=O)Cc1nc(CCl)cs1. The van der Waals surface area contributed by atoms with Gasteiger partial charge in [0, 0.05) is 24.5 Å². The van der Waals surface area contributed by atoms with Crippen LogP contribution in [0.3, 0.4) is 0 Å². The van der Waals surface area contributed by atoms with Crippen LogP contribution in [0.15, 0.2) is 5.38 Å². The van der Waals surface area contributed by atoms with E-state index in [0.717, 1.165) is 36.6 Å². The molecule has 1 fully saturated rings. The summed E-state index contributed by atoms with van der Waals surface area (Å²) in [6.45, 7) is 1.82. The lowest BCUT2D eigenvalue weighted by atomic mass is 10.2. The highest BCUT2D eigenvalue weighted by Gasteiger charge is 2.29. The van der Waals surface area contributed by atoms with Crippen molar-refractivity contribution < 1.29 is 4.79 Å². The van der Waals surface area contributed by atoms with E-state index in [-0.39, 0.29) is 5.91 Å². The zero-order valence-corrected chi connectivity index (χ0v) is 13.0. The summed E-state index contributed by atoms with van der Waals surface area (Å²) in [5, 5.41) is 2.80. The molecule has 1 unspecified atom stereocenters. The van der Waals surface area contributed by atoms with Gasteiger partial charge >= 0.3 is 0 Å². The molecule has 0 saturated carbocycles. The summed E-state index contributed by atoms with van der Waals surface area (Å²) in [6, 6.07) is 0.356. The van der Waals surface area contributed by atoms with Crippen LogP contribution < -0.4 is 0 Å². The second kappa shape index (κ2) is 6.68. The Morgan fingerprint density at radius 1 is 1.63 bits per heavy atom. The van der Waals surface area contributed by atoms with E-state index in [1.807, 2.05) is 10.3 Å². The maximum Gasteiger partial charge on any atom is 0.229 e. The lowest BCUT2D eigenvalue weighted by Gasteiger charge is -2.26. The van der Waals surface area contributed by atoms with Crippen LogP contribution in [0.2, 0.25) is 0 Å². The molecule has 0 aliphatic carbocycles. The summed E-state index contributed by atoms with van der Waals surface area (Å²) >= 11 is 7.25. The quantitative estimate of drug-likeness (QED) is 0.780. The molecule has 1 amide bonds. The molecule has 2 rings (SSSR count). The summed E-state index contributed by atoms with van der Waals surface area (Å²) in [5.41, 5.74) is 0.862. The molecular weight excluding hydrogens is 282 g/mol. The number of aromatic nitrogens is 1. The van der Waals surface area contributed by atoms with Gasteiger partial charge in [0.1, 0.15) is 5.01 Å². The lowest BCUT2D eigenvalue weighted by Crippen LogP contribution is -2.42. The summed E-state index contributed by atoms with van der Waals surface area (Å²) < 4.78 is 0. The van der Waals surface area contributed by atoms with Gasteiger partial charge in [-0.3, -0.25) is 4.79 Å². The largest absolute Gasteiger partial charge is 0.338 e. The highest BCUT2D eigenvalue weighted by molar-refractivity contribution is 7.09. The molecule has 0 bridgehead atoms. The normalized spacial score (nSPS) is 19.4. The average molecular weight is 302 g/mol. The molecule has 0 spiro atoms. The number of thiazole rings is 1. The molecule has 1 aliphatic rings. The van der Waals surface area contributed by atoms with Gasteiger partial charge in [-0.15, -0.1) is 22.9 Å². The van der Waals surface area contributed by atoms with Crippen molar-refractivity contribution in [2.24, 2.45) is 0 Å². The van der Waals surface area contributed by atoms with Gasteiger partial charge in [-0.25, -0.2) is 4.98 Å². The van der Waals surface area contributed by atoms with E-state index in [0.29, 0.717) is 18.3 Å². The highest BCUT2D eigenvalue weighted by atomic mass is 35.5. The number of hydrogen-bond donors (Lipinski definition) is 0. The third kappa shape index (κ3) is 3.91. The molecule has 0 aromatic carbocycles. The summed E-state index contributed by atoms with van der Waals surface area (Å²) in [6.07, 6.45) is 2.62. The Morgan fingerprint density at radius 3 is 3.05 bits per heavy atom. The van der Waals surface area contributed by atoms with Gasteiger partial charge in [0.25, 0.3) is 0 Å². The molecule has 1 saturated heterocycles. The Bertz CT molecular complexity index is 435. The Morgan fingerprint density at radius 2 is 2.42 bits per heavy atom. The van der Waals surface area contributed by atoms with Crippen LogP contribution in [0.5, 0.6) is 0 Å². The third-order valence-corrected chi connectivity index (χ3v) is 4.48. The topological polar surface area (TPSA) is 36.4 Å². The first-order valence-electron chi connectivity index (χ1n) is 6.53. The summed E-state index contributed by atoms with van der Waals surface area (Å²) in [5.74, 6) is 0.609. The Kier molecular flexibility index (Phi) is 5.19. The second-order valence-electron chi connectivity index (χ2n) is 5.19. The number of halogens is 1. The van der Waals surface area contributed by atoms with Gasteiger partial charge in [-0.05, 0) is 26.9 Å². The van der Waals surface area contributed by atoms with Crippen LogP contribution in [-0.2, 0) is 17.1 Å². The second-order valence-corrected chi connectivity index (χ2v) is 6.40. The van der Waals surface area contributed by atoms with E-state index in [4.69, 9.17) is 11.6 Å². The van der Waals surface area contributed by atoms with Gasteiger partial charge in [-0.2, -0.15) is 0 Å². The molecule has 1 atom stereocenters. The number of carbonyl (C=O) groups is 1. The fourth-order valence-corrected chi connectivity index (χ4v) is 3.51. The molecule has 1 aromatic heterocycles. The lowest BCUT2D eigenvalue weighted by molar-refractivity contribution is -0.131. The van der Waals surface area contributed by atoms with Crippen LogP contribution in [-0.4, -0.2) is 53.9 Å². The van der Waals surface area contributed by atoms with Crippen molar-refractivity contribution in [1.82, 2.24) is 14.8 Å². The maximum atomic E-state index is 12.3. The molecule has 106 valence electrons. The van der Waals surface area contributed by atoms with Gasteiger partial charge in [0.05, 0.1) is 18.0 Å². The van der Waals surface area contributed by atoms with Gasteiger partial charge in [0.2, 0.25) is 5.91 Å². The third-order valence-electron chi connectivity index (χ3n) is 3.31. The zero-order chi connectivity index (χ0) is 13.8. The van der Waals surface area contributed by atoms with E-state index in [1.54, 1.807) is 0 Å². The molecular formula is C13H20ClN3OS. The number of rotatable bonds is 5. The fourth-order valence-electron chi connectivity index (χ4n) is 2.50. The number of amides is 1. The van der Waals surface area contributed by atoms with E-state index in [9.17, 15) is 4.79 Å². The van der Waals surface area contributed by atoms with Crippen molar-refractivity contribution in [3.05, 3.63) is 16.1 Å². The molecule has 1 aliphatic heterocycles. The first-order valence-corrected chi connectivity index (χ1v) is 7.95.